The molecule has 1 N–H and O–H groups in total. The van der Waals surface area contributed by atoms with Gasteiger partial charge in [0, 0.05) is 0 Å². The largest absolute Gasteiger partial charge is 0.401 e. The summed E-state index contributed by atoms with van der Waals surface area (Å²) in [6, 6.07) is 0. The van der Waals surface area contributed by atoms with Crippen LogP contribution in [0.1, 0.15) is 29.8 Å². The summed E-state index contributed by atoms with van der Waals surface area (Å²) < 4.78 is 40.5. The van der Waals surface area contributed by atoms with Crippen molar-refractivity contribution in [2.75, 3.05) is 12.3 Å². The topological polar surface area (TPSA) is 51.0 Å². The van der Waals surface area contributed by atoms with E-state index < -0.39 is 12.7 Å². The summed E-state index contributed by atoms with van der Waals surface area (Å²) in [7, 11) is 0. The Bertz CT molecular complexity index is 363. The van der Waals surface area contributed by atoms with Gasteiger partial charge in [-0.25, -0.2) is 0 Å². The molecule has 2 rings (SSSR count). The summed E-state index contributed by atoms with van der Waals surface area (Å²) in [5.74, 6) is 1.87. The highest BCUT2D eigenvalue weighted by Crippen LogP contribution is 2.38. The fraction of sp³-hybridized carbons (Fsp3) is 0.778. The van der Waals surface area contributed by atoms with E-state index >= 15 is 0 Å². The van der Waals surface area contributed by atoms with Gasteiger partial charge in [0.2, 0.25) is 5.89 Å². The standard InChI is InChI=1S/C9H12F3N3OS/c10-9(11,12)5-13-4-7-14-8(15-16-7)6-2-1-3-17-6/h6,13H,1-5H2. The van der Waals surface area contributed by atoms with Gasteiger partial charge in [-0.05, 0) is 18.6 Å². The lowest BCUT2D eigenvalue weighted by atomic mass is 10.2. The van der Waals surface area contributed by atoms with Crippen molar-refractivity contribution in [3.63, 3.8) is 0 Å². The summed E-state index contributed by atoms with van der Waals surface area (Å²) >= 11 is 1.75. The lowest BCUT2D eigenvalue weighted by molar-refractivity contribution is -0.125. The first-order chi connectivity index (χ1) is 8.04. The number of alkyl halides is 3. The van der Waals surface area contributed by atoms with Crippen molar-refractivity contribution in [1.29, 1.82) is 0 Å². The van der Waals surface area contributed by atoms with E-state index in [1.807, 2.05) is 0 Å². The van der Waals surface area contributed by atoms with E-state index in [4.69, 9.17) is 4.52 Å². The van der Waals surface area contributed by atoms with Gasteiger partial charge in [0.05, 0.1) is 18.3 Å². The molecule has 0 amide bonds. The minimum absolute atomic E-state index is 0.0517. The van der Waals surface area contributed by atoms with Crippen LogP contribution in [0.15, 0.2) is 4.52 Å². The maximum atomic E-state index is 11.9. The van der Waals surface area contributed by atoms with Gasteiger partial charge >= 0.3 is 6.18 Å². The third-order valence-electron chi connectivity index (χ3n) is 2.30. The van der Waals surface area contributed by atoms with Gasteiger partial charge in [0.25, 0.3) is 0 Å². The van der Waals surface area contributed by atoms with Crippen LogP contribution in [0.25, 0.3) is 0 Å². The van der Waals surface area contributed by atoms with Crippen LogP contribution in [0.3, 0.4) is 0 Å². The van der Waals surface area contributed by atoms with Gasteiger partial charge in [-0.1, -0.05) is 5.16 Å². The first-order valence-corrected chi connectivity index (χ1v) is 6.31. The maximum Gasteiger partial charge on any atom is 0.401 e. The molecular formula is C9H12F3N3OS. The molecule has 1 saturated heterocycles. The molecule has 1 atom stereocenters. The minimum atomic E-state index is -4.22. The van der Waals surface area contributed by atoms with Gasteiger partial charge < -0.3 is 9.84 Å². The van der Waals surface area contributed by atoms with Crippen LogP contribution in [-0.2, 0) is 6.54 Å². The van der Waals surface area contributed by atoms with E-state index in [0.717, 1.165) is 18.6 Å². The number of nitrogens with one attached hydrogen (secondary N) is 1. The molecule has 8 heteroatoms. The van der Waals surface area contributed by atoms with Crippen LogP contribution in [0.4, 0.5) is 13.2 Å². The predicted octanol–water partition coefficient (Wildman–Crippen LogP) is 2.29. The molecule has 96 valence electrons. The molecule has 0 aromatic carbocycles. The van der Waals surface area contributed by atoms with E-state index in [0.29, 0.717) is 5.82 Å². The molecular weight excluding hydrogens is 255 g/mol. The first kappa shape index (κ1) is 12.7. The van der Waals surface area contributed by atoms with Gasteiger partial charge in [-0.15, -0.1) is 0 Å². The Labute approximate surface area is 100 Å². The Hall–Kier alpha value is -0.760. The quantitative estimate of drug-likeness (QED) is 0.907. The van der Waals surface area contributed by atoms with Gasteiger partial charge in [0.15, 0.2) is 5.82 Å². The van der Waals surface area contributed by atoms with E-state index in [1.165, 1.54) is 0 Å². The Morgan fingerprint density at radius 1 is 1.47 bits per heavy atom. The number of hydrogen-bond acceptors (Lipinski definition) is 5. The fourth-order valence-electron chi connectivity index (χ4n) is 1.56. The molecule has 0 radical (unpaired) electrons. The van der Waals surface area contributed by atoms with Gasteiger partial charge in [-0.2, -0.15) is 29.9 Å². The Balaban J connectivity index is 1.81. The molecule has 0 saturated carbocycles. The summed E-state index contributed by atoms with van der Waals surface area (Å²) in [6.45, 7) is -1.10. The van der Waals surface area contributed by atoms with Crippen molar-refractivity contribution >= 4 is 11.8 Å². The second kappa shape index (κ2) is 5.26. The molecule has 0 bridgehead atoms. The number of nitrogens with zero attached hydrogens (tertiary/aromatic N) is 2. The van der Waals surface area contributed by atoms with Gasteiger partial charge in [-0.3, -0.25) is 0 Å². The number of rotatable bonds is 4. The average Bonchev–Trinajstić information content (AvgIpc) is 2.83. The summed E-state index contributed by atoms with van der Waals surface area (Å²) in [6.07, 6.45) is -2.10. The molecule has 1 aliphatic heterocycles. The fourth-order valence-corrected chi connectivity index (χ4v) is 2.76. The lowest BCUT2D eigenvalue weighted by Gasteiger charge is -2.05. The van der Waals surface area contributed by atoms with Crippen molar-refractivity contribution in [3.8, 4) is 0 Å². The third-order valence-corrected chi connectivity index (χ3v) is 3.68. The minimum Gasteiger partial charge on any atom is -0.338 e. The zero-order valence-corrected chi connectivity index (χ0v) is 9.77. The molecule has 0 aliphatic carbocycles. The summed E-state index contributed by atoms with van der Waals surface area (Å²) in [4.78, 5) is 4.08. The van der Waals surface area contributed by atoms with E-state index in [1.54, 1.807) is 11.8 Å². The van der Waals surface area contributed by atoms with E-state index in [9.17, 15) is 13.2 Å². The molecule has 1 aromatic rings. The average molecular weight is 267 g/mol. The van der Waals surface area contributed by atoms with Crippen molar-refractivity contribution in [2.45, 2.75) is 30.8 Å². The van der Waals surface area contributed by atoms with Crippen LogP contribution in [-0.4, -0.2) is 28.6 Å². The zero-order chi connectivity index (χ0) is 12.3. The number of thioether (sulfide) groups is 1. The number of aromatic nitrogens is 2. The van der Waals surface area contributed by atoms with Crippen molar-refractivity contribution in [2.24, 2.45) is 0 Å². The highest BCUT2D eigenvalue weighted by molar-refractivity contribution is 7.99. The number of hydrogen-bond donors (Lipinski definition) is 1. The zero-order valence-electron chi connectivity index (χ0n) is 8.96. The van der Waals surface area contributed by atoms with Crippen molar-refractivity contribution in [1.82, 2.24) is 15.5 Å². The third kappa shape index (κ3) is 3.88. The second-order valence-corrected chi connectivity index (χ2v) is 5.08. The monoisotopic (exact) mass is 267 g/mol. The second-order valence-electron chi connectivity index (χ2n) is 3.77. The van der Waals surface area contributed by atoms with Gasteiger partial charge in [0.1, 0.15) is 0 Å². The Morgan fingerprint density at radius 3 is 2.94 bits per heavy atom. The summed E-state index contributed by atoms with van der Waals surface area (Å²) in [5, 5.41) is 6.23. The Kier molecular flexibility index (Phi) is 3.93. The molecule has 2 heterocycles. The smallest absolute Gasteiger partial charge is 0.338 e. The van der Waals surface area contributed by atoms with Crippen molar-refractivity contribution in [3.05, 3.63) is 11.7 Å². The van der Waals surface area contributed by atoms with Crippen LogP contribution in [0, 0.1) is 0 Å². The molecule has 4 nitrogen and oxygen atoms in total. The molecule has 17 heavy (non-hydrogen) atoms. The van der Waals surface area contributed by atoms with Crippen molar-refractivity contribution < 1.29 is 17.7 Å². The molecule has 0 spiro atoms. The molecule has 1 fully saturated rings. The highest BCUT2D eigenvalue weighted by Gasteiger charge is 2.27. The normalized spacial score (nSPS) is 21.0. The van der Waals surface area contributed by atoms with Crippen LogP contribution in [0.2, 0.25) is 0 Å². The maximum absolute atomic E-state index is 11.9. The van der Waals surface area contributed by atoms with E-state index in [2.05, 4.69) is 15.5 Å². The Morgan fingerprint density at radius 2 is 2.29 bits per heavy atom. The molecule has 1 aromatic heterocycles. The first-order valence-electron chi connectivity index (χ1n) is 5.26. The predicted molar refractivity (Wildman–Crippen MR) is 56.5 cm³/mol. The summed E-state index contributed by atoms with van der Waals surface area (Å²) in [5.41, 5.74) is 0. The van der Waals surface area contributed by atoms with Crippen LogP contribution in [0.5, 0.6) is 0 Å². The van der Waals surface area contributed by atoms with E-state index in [-0.39, 0.29) is 17.7 Å². The number of halogens is 3. The SMILES string of the molecule is FC(F)(F)CNCc1nc(C2CCCS2)no1. The highest BCUT2D eigenvalue weighted by atomic mass is 32.2. The molecule has 1 aliphatic rings. The van der Waals surface area contributed by atoms with Crippen LogP contribution < -0.4 is 5.32 Å². The van der Waals surface area contributed by atoms with Crippen LogP contribution >= 0.6 is 11.8 Å². The molecule has 1 unspecified atom stereocenters. The lowest BCUT2D eigenvalue weighted by Crippen LogP contribution is -2.28.